The molecule has 0 saturated heterocycles. The summed E-state index contributed by atoms with van der Waals surface area (Å²) in [5, 5.41) is 0. The quantitative estimate of drug-likeness (QED) is 0.369. The first-order valence-corrected chi connectivity index (χ1v) is 5.32. The number of ether oxygens (including phenoxy) is 1. The molecule has 0 aliphatic heterocycles. The van der Waals surface area contributed by atoms with Gasteiger partial charge in [0.05, 0.1) is 5.92 Å². The number of carbonyl (C=O) groups is 1. The SMILES string of the molecule is CC=C=COC(=O)C(CC)CCCC. The lowest BCUT2D eigenvalue weighted by Crippen LogP contribution is -2.14. The van der Waals surface area contributed by atoms with E-state index in [0.29, 0.717) is 0 Å². The van der Waals surface area contributed by atoms with Gasteiger partial charge in [0.1, 0.15) is 6.26 Å². The Morgan fingerprint density at radius 3 is 2.71 bits per heavy atom. The van der Waals surface area contributed by atoms with Crippen molar-refractivity contribution in [2.24, 2.45) is 5.92 Å². The average molecular weight is 196 g/mol. The largest absolute Gasteiger partial charge is 0.426 e. The Balaban J connectivity index is 3.97. The Bertz CT molecular complexity index is 212. The van der Waals surface area contributed by atoms with Crippen molar-refractivity contribution in [3.8, 4) is 0 Å². The van der Waals surface area contributed by atoms with Crippen molar-refractivity contribution in [2.45, 2.75) is 46.5 Å². The lowest BCUT2D eigenvalue weighted by Gasteiger charge is -2.10. The maximum atomic E-state index is 11.4. The Kier molecular flexibility index (Phi) is 7.96. The van der Waals surface area contributed by atoms with Crippen LogP contribution >= 0.6 is 0 Å². The van der Waals surface area contributed by atoms with Crippen molar-refractivity contribution >= 4 is 5.97 Å². The van der Waals surface area contributed by atoms with E-state index in [1.807, 2.05) is 13.8 Å². The van der Waals surface area contributed by atoms with Gasteiger partial charge in [-0.3, -0.25) is 4.79 Å². The molecule has 0 fully saturated rings. The first kappa shape index (κ1) is 13.0. The summed E-state index contributed by atoms with van der Waals surface area (Å²) in [7, 11) is 0. The van der Waals surface area contributed by atoms with Crippen LogP contribution in [0.3, 0.4) is 0 Å². The normalized spacial score (nSPS) is 11.4. The second kappa shape index (κ2) is 8.58. The lowest BCUT2D eigenvalue weighted by molar-refractivity contribution is -0.143. The molecule has 80 valence electrons. The van der Waals surface area contributed by atoms with Gasteiger partial charge in [-0.1, -0.05) is 32.4 Å². The predicted octanol–water partition coefficient (Wildman–Crippen LogP) is 3.43. The number of esters is 1. The van der Waals surface area contributed by atoms with Crippen molar-refractivity contribution < 1.29 is 9.53 Å². The Hall–Kier alpha value is -1.01. The zero-order chi connectivity index (χ0) is 10.8. The van der Waals surface area contributed by atoms with Crippen molar-refractivity contribution in [1.82, 2.24) is 0 Å². The third-order valence-corrected chi connectivity index (χ3v) is 2.14. The summed E-state index contributed by atoms with van der Waals surface area (Å²) < 4.78 is 4.93. The third-order valence-electron chi connectivity index (χ3n) is 2.14. The highest BCUT2D eigenvalue weighted by atomic mass is 16.5. The summed E-state index contributed by atoms with van der Waals surface area (Å²) in [6.45, 7) is 5.97. The van der Waals surface area contributed by atoms with Gasteiger partial charge in [-0.05, 0) is 25.8 Å². The van der Waals surface area contributed by atoms with Crippen molar-refractivity contribution in [3.63, 3.8) is 0 Å². The van der Waals surface area contributed by atoms with E-state index < -0.39 is 0 Å². The van der Waals surface area contributed by atoms with E-state index in [0.717, 1.165) is 25.7 Å². The molecule has 0 bridgehead atoms. The van der Waals surface area contributed by atoms with Crippen LogP contribution in [-0.2, 0) is 9.53 Å². The molecular weight excluding hydrogens is 176 g/mol. The molecule has 0 aromatic heterocycles. The summed E-state index contributed by atoms with van der Waals surface area (Å²) in [6, 6.07) is 0. The highest BCUT2D eigenvalue weighted by Gasteiger charge is 2.16. The molecule has 0 spiro atoms. The Morgan fingerprint density at radius 1 is 1.50 bits per heavy atom. The van der Waals surface area contributed by atoms with Crippen LogP contribution in [0.5, 0.6) is 0 Å². The summed E-state index contributed by atoms with van der Waals surface area (Å²) in [4.78, 5) is 11.4. The molecule has 0 amide bonds. The van der Waals surface area contributed by atoms with Crippen molar-refractivity contribution in [3.05, 3.63) is 18.1 Å². The maximum Gasteiger partial charge on any atom is 0.314 e. The summed E-state index contributed by atoms with van der Waals surface area (Å²) in [5.74, 6) is -0.0832. The molecule has 0 heterocycles. The monoisotopic (exact) mass is 196 g/mol. The van der Waals surface area contributed by atoms with Gasteiger partial charge in [-0.25, -0.2) is 0 Å². The molecular formula is C12H20O2. The van der Waals surface area contributed by atoms with Crippen LogP contribution in [-0.4, -0.2) is 5.97 Å². The van der Waals surface area contributed by atoms with Crippen LogP contribution < -0.4 is 0 Å². The molecule has 2 nitrogen and oxygen atoms in total. The standard InChI is InChI=1S/C12H20O2/c1-4-7-9-11(6-3)12(13)14-10-8-5-2/h5,10-11H,4,6-7,9H2,1-3H3. The number of rotatable bonds is 6. The van der Waals surface area contributed by atoms with Gasteiger partial charge in [-0.15, -0.1) is 0 Å². The Morgan fingerprint density at radius 2 is 2.21 bits per heavy atom. The highest BCUT2D eigenvalue weighted by molar-refractivity contribution is 5.72. The summed E-state index contributed by atoms with van der Waals surface area (Å²) in [6.07, 6.45) is 7.02. The van der Waals surface area contributed by atoms with Gasteiger partial charge in [0.2, 0.25) is 0 Å². The first-order chi connectivity index (χ1) is 6.76. The van der Waals surface area contributed by atoms with Crippen LogP contribution in [0, 0.1) is 5.92 Å². The number of hydrogen-bond acceptors (Lipinski definition) is 2. The van der Waals surface area contributed by atoms with Crippen LogP contribution in [0.1, 0.15) is 46.5 Å². The molecule has 0 aromatic carbocycles. The van der Waals surface area contributed by atoms with E-state index in [1.165, 1.54) is 6.26 Å². The predicted molar refractivity (Wildman–Crippen MR) is 57.7 cm³/mol. The minimum atomic E-state index is -0.129. The lowest BCUT2D eigenvalue weighted by atomic mass is 10.00. The van der Waals surface area contributed by atoms with Crippen molar-refractivity contribution in [2.75, 3.05) is 0 Å². The topological polar surface area (TPSA) is 26.3 Å². The molecule has 2 heteroatoms. The van der Waals surface area contributed by atoms with E-state index in [9.17, 15) is 4.79 Å². The fourth-order valence-corrected chi connectivity index (χ4v) is 1.20. The van der Waals surface area contributed by atoms with E-state index in [1.54, 1.807) is 6.08 Å². The maximum absolute atomic E-state index is 11.4. The minimum absolute atomic E-state index is 0.0462. The molecule has 1 unspecified atom stereocenters. The summed E-state index contributed by atoms with van der Waals surface area (Å²) in [5.41, 5.74) is 2.72. The average Bonchev–Trinajstić information content (AvgIpc) is 2.19. The molecule has 0 aromatic rings. The molecule has 0 aliphatic carbocycles. The van der Waals surface area contributed by atoms with Gasteiger partial charge in [0.15, 0.2) is 0 Å². The number of carbonyl (C=O) groups excluding carboxylic acids is 1. The number of allylic oxidation sites excluding steroid dienone is 1. The molecule has 0 radical (unpaired) electrons. The molecule has 0 aliphatic rings. The van der Waals surface area contributed by atoms with Gasteiger partial charge < -0.3 is 4.74 Å². The minimum Gasteiger partial charge on any atom is -0.426 e. The molecule has 14 heavy (non-hydrogen) atoms. The zero-order valence-electron chi connectivity index (χ0n) is 9.38. The molecule has 0 rings (SSSR count). The van der Waals surface area contributed by atoms with Gasteiger partial charge in [0, 0.05) is 0 Å². The van der Waals surface area contributed by atoms with Crippen LogP contribution in [0.25, 0.3) is 0 Å². The summed E-state index contributed by atoms with van der Waals surface area (Å²) >= 11 is 0. The number of hydrogen-bond donors (Lipinski definition) is 0. The first-order valence-electron chi connectivity index (χ1n) is 5.32. The van der Waals surface area contributed by atoms with E-state index >= 15 is 0 Å². The highest BCUT2D eigenvalue weighted by Crippen LogP contribution is 2.14. The molecule has 0 N–H and O–H groups in total. The fraction of sp³-hybridized carbons (Fsp3) is 0.667. The third kappa shape index (κ3) is 5.60. The van der Waals surface area contributed by atoms with Crippen LogP contribution in [0.4, 0.5) is 0 Å². The van der Waals surface area contributed by atoms with Crippen LogP contribution in [0.2, 0.25) is 0 Å². The Labute approximate surface area is 86.6 Å². The number of unbranched alkanes of at least 4 members (excludes halogenated alkanes) is 1. The van der Waals surface area contributed by atoms with E-state index in [4.69, 9.17) is 4.74 Å². The smallest absolute Gasteiger partial charge is 0.314 e. The van der Waals surface area contributed by atoms with Gasteiger partial charge in [-0.2, -0.15) is 0 Å². The second-order valence-corrected chi connectivity index (χ2v) is 3.26. The zero-order valence-corrected chi connectivity index (χ0v) is 9.38. The van der Waals surface area contributed by atoms with Crippen LogP contribution in [0.15, 0.2) is 18.1 Å². The molecule has 1 atom stereocenters. The van der Waals surface area contributed by atoms with Gasteiger partial charge in [0.25, 0.3) is 0 Å². The van der Waals surface area contributed by atoms with E-state index in [-0.39, 0.29) is 11.9 Å². The fourth-order valence-electron chi connectivity index (χ4n) is 1.20. The van der Waals surface area contributed by atoms with E-state index in [2.05, 4.69) is 12.7 Å². The molecule has 0 saturated carbocycles. The van der Waals surface area contributed by atoms with Crippen molar-refractivity contribution in [1.29, 1.82) is 0 Å². The second-order valence-electron chi connectivity index (χ2n) is 3.26. The van der Waals surface area contributed by atoms with Gasteiger partial charge >= 0.3 is 5.97 Å².